The van der Waals surface area contributed by atoms with Crippen LogP contribution >= 0.6 is 0 Å². The molecule has 1 unspecified atom stereocenters. The van der Waals surface area contributed by atoms with Gasteiger partial charge in [0.25, 0.3) is 0 Å². The van der Waals surface area contributed by atoms with Crippen LogP contribution in [0.3, 0.4) is 0 Å². The molecule has 0 fully saturated rings. The highest BCUT2D eigenvalue weighted by molar-refractivity contribution is 5.64. The third-order valence-electron chi connectivity index (χ3n) is 2.42. The molecule has 1 aromatic carbocycles. The number of ether oxygens (including phenoxy) is 1. The maximum Gasteiger partial charge on any atom is 0.404 e. The minimum atomic E-state index is -0.723. The average molecular weight is 219 g/mol. The Bertz CT molecular complexity index is 335. The summed E-state index contributed by atoms with van der Waals surface area (Å²) in [5, 5.41) is 0. The number of allylic oxidation sites excluding steroid dienone is 1. The summed E-state index contributed by atoms with van der Waals surface area (Å²) < 4.78 is 4.86. The Labute approximate surface area is 95.9 Å². The van der Waals surface area contributed by atoms with Gasteiger partial charge in [-0.05, 0) is 18.4 Å². The van der Waals surface area contributed by atoms with E-state index in [1.807, 2.05) is 36.4 Å². The van der Waals surface area contributed by atoms with E-state index in [4.69, 9.17) is 10.5 Å². The van der Waals surface area contributed by atoms with Gasteiger partial charge in [0.15, 0.2) is 0 Å². The summed E-state index contributed by atoms with van der Waals surface area (Å²) in [5.41, 5.74) is 6.12. The highest BCUT2D eigenvalue weighted by Gasteiger charge is 2.12. The van der Waals surface area contributed by atoms with Gasteiger partial charge in [0, 0.05) is 5.92 Å². The van der Waals surface area contributed by atoms with Crippen molar-refractivity contribution < 1.29 is 9.53 Å². The monoisotopic (exact) mass is 219 g/mol. The molecule has 1 atom stereocenters. The first-order valence-electron chi connectivity index (χ1n) is 5.32. The predicted molar refractivity (Wildman–Crippen MR) is 64.1 cm³/mol. The largest absolute Gasteiger partial charge is 0.449 e. The summed E-state index contributed by atoms with van der Waals surface area (Å²) in [6.45, 7) is 4.02. The fourth-order valence-corrected chi connectivity index (χ4v) is 1.57. The lowest BCUT2D eigenvalue weighted by Gasteiger charge is -2.15. The molecule has 86 valence electrons. The van der Waals surface area contributed by atoms with E-state index in [1.54, 1.807) is 0 Å². The van der Waals surface area contributed by atoms with Crippen LogP contribution in [0.25, 0.3) is 0 Å². The van der Waals surface area contributed by atoms with Crippen LogP contribution in [-0.4, -0.2) is 12.7 Å². The van der Waals surface area contributed by atoms with Gasteiger partial charge in [0.05, 0.1) is 0 Å². The first-order chi connectivity index (χ1) is 7.74. The van der Waals surface area contributed by atoms with Crippen molar-refractivity contribution in [3.8, 4) is 0 Å². The van der Waals surface area contributed by atoms with Crippen molar-refractivity contribution in [3.05, 3.63) is 48.6 Å². The van der Waals surface area contributed by atoms with Crippen molar-refractivity contribution >= 4 is 6.09 Å². The smallest absolute Gasteiger partial charge is 0.404 e. The van der Waals surface area contributed by atoms with E-state index in [0.29, 0.717) is 6.61 Å². The maximum atomic E-state index is 10.6. The lowest BCUT2D eigenvalue weighted by atomic mass is 9.95. The summed E-state index contributed by atoms with van der Waals surface area (Å²) in [6.07, 6.45) is 2.93. The molecule has 0 aliphatic carbocycles. The quantitative estimate of drug-likeness (QED) is 0.748. The van der Waals surface area contributed by atoms with E-state index in [1.165, 1.54) is 0 Å². The number of hydrogen-bond donors (Lipinski definition) is 1. The third kappa shape index (κ3) is 4.17. The van der Waals surface area contributed by atoms with E-state index in [0.717, 1.165) is 18.4 Å². The van der Waals surface area contributed by atoms with Gasteiger partial charge < -0.3 is 10.5 Å². The SMILES string of the molecule is C=CCCC(COC(N)=O)c1ccccc1. The van der Waals surface area contributed by atoms with Crippen LogP contribution < -0.4 is 5.73 Å². The van der Waals surface area contributed by atoms with Crippen molar-refractivity contribution in [2.75, 3.05) is 6.61 Å². The Hall–Kier alpha value is -1.77. The molecule has 0 aliphatic heterocycles. The molecule has 1 rings (SSSR count). The number of hydrogen-bond acceptors (Lipinski definition) is 2. The Morgan fingerprint density at radius 3 is 2.69 bits per heavy atom. The number of primary amides is 1. The highest BCUT2D eigenvalue weighted by Crippen LogP contribution is 2.21. The van der Waals surface area contributed by atoms with E-state index < -0.39 is 6.09 Å². The summed E-state index contributed by atoms with van der Waals surface area (Å²) >= 11 is 0. The molecule has 16 heavy (non-hydrogen) atoms. The minimum Gasteiger partial charge on any atom is -0.449 e. The van der Waals surface area contributed by atoms with Gasteiger partial charge in [-0.15, -0.1) is 6.58 Å². The summed E-state index contributed by atoms with van der Waals surface area (Å²) in [6, 6.07) is 9.96. The summed E-state index contributed by atoms with van der Waals surface area (Å²) in [5.74, 6) is 0.187. The van der Waals surface area contributed by atoms with Crippen molar-refractivity contribution in [1.82, 2.24) is 0 Å². The van der Waals surface area contributed by atoms with Crippen molar-refractivity contribution in [1.29, 1.82) is 0 Å². The van der Waals surface area contributed by atoms with Crippen molar-refractivity contribution in [3.63, 3.8) is 0 Å². The Balaban J connectivity index is 2.63. The van der Waals surface area contributed by atoms with Crippen LogP contribution in [0.15, 0.2) is 43.0 Å². The molecule has 3 nitrogen and oxygen atoms in total. The Morgan fingerprint density at radius 1 is 1.44 bits per heavy atom. The van der Waals surface area contributed by atoms with E-state index in [-0.39, 0.29) is 5.92 Å². The van der Waals surface area contributed by atoms with E-state index >= 15 is 0 Å². The normalized spacial score (nSPS) is 11.8. The number of carbonyl (C=O) groups excluding carboxylic acids is 1. The first-order valence-corrected chi connectivity index (χ1v) is 5.32. The molecule has 0 saturated heterocycles. The second-order valence-corrected chi connectivity index (χ2v) is 3.60. The van der Waals surface area contributed by atoms with E-state index in [2.05, 4.69) is 6.58 Å². The van der Waals surface area contributed by atoms with Gasteiger partial charge in [0.1, 0.15) is 6.61 Å². The number of amides is 1. The molecule has 0 heterocycles. The van der Waals surface area contributed by atoms with Crippen molar-refractivity contribution in [2.45, 2.75) is 18.8 Å². The van der Waals surface area contributed by atoms with Gasteiger partial charge in [-0.25, -0.2) is 4.79 Å². The molecule has 3 heteroatoms. The molecule has 0 radical (unpaired) electrons. The molecular weight excluding hydrogens is 202 g/mol. The average Bonchev–Trinajstić information content (AvgIpc) is 2.30. The van der Waals surface area contributed by atoms with Gasteiger partial charge >= 0.3 is 6.09 Å². The predicted octanol–water partition coefficient (Wildman–Crippen LogP) is 2.83. The zero-order valence-electron chi connectivity index (χ0n) is 9.26. The maximum absolute atomic E-state index is 10.6. The van der Waals surface area contributed by atoms with Gasteiger partial charge in [-0.2, -0.15) is 0 Å². The molecule has 1 aromatic rings. The zero-order chi connectivity index (χ0) is 11.8. The van der Waals surface area contributed by atoms with Gasteiger partial charge in [-0.1, -0.05) is 36.4 Å². The van der Waals surface area contributed by atoms with Crippen LogP contribution in [-0.2, 0) is 4.74 Å². The zero-order valence-corrected chi connectivity index (χ0v) is 9.26. The molecule has 0 saturated carbocycles. The van der Waals surface area contributed by atoms with Crippen LogP contribution in [0.5, 0.6) is 0 Å². The number of benzene rings is 1. The van der Waals surface area contributed by atoms with Crippen LogP contribution in [0.4, 0.5) is 4.79 Å². The lowest BCUT2D eigenvalue weighted by molar-refractivity contribution is 0.147. The molecular formula is C13H17NO2. The molecule has 1 amide bonds. The van der Waals surface area contributed by atoms with Crippen molar-refractivity contribution in [2.24, 2.45) is 5.73 Å². The fourth-order valence-electron chi connectivity index (χ4n) is 1.57. The Kier molecular flexibility index (Phi) is 5.12. The number of nitrogens with two attached hydrogens (primary N) is 1. The molecule has 0 bridgehead atoms. The fraction of sp³-hybridized carbons (Fsp3) is 0.308. The van der Waals surface area contributed by atoms with Crippen LogP contribution in [0, 0.1) is 0 Å². The summed E-state index contributed by atoms with van der Waals surface area (Å²) in [4.78, 5) is 10.6. The second-order valence-electron chi connectivity index (χ2n) is 3.60. The number of carbonyl (C=O) groups is 1. The number of rotatable bonds is 6. The molecule has 0 aromatic heterocycles. The second kappa shape index (κ2) is 6.67. The van der Waals surface area contributed by atoms with E-state index in [9.17, 15) is 4.79 Å². The van der Waals surface area contributed by atoms with Crippen LogP contribution in [0.2, 0.25) is 0 Å². The third-order valence-corrected chi connectivity index (χ3v) is 2.42. The standard InChI is InChI=1S/C13H17NO2/c1-2-3-7-12(10-16-13(14)15)11-8-5-4-6-9-11/h2,4-6,8-9,12H,1,3,7,10H2,(H2,14,15). The molecule has 2 N–H and O–H groups in total. The Morgan fingerprint density at radius 2 is 2.12 bits per heavy atom. The van der Waals surface area contributed by atoms with Crippen LogP contribution in [0.1, 0.15) is 24.3 Å². The highest BCUT2D eigenvalue weighted by atomic mass is 16.5. The van der Waals surface area contributed by atoms with Gasteiger partial charge in [-0.3, -0.25) is 0 Å². The van der Waals surface area contributed by atoms with Gasteiger partial charge in [0.2, 0.25) is 0 Å². The topological polar surface area (TPSA) is 52.3 Å². The minimum absolute atomic E-state index is 0.187. The first kappa shape index (κ1) is 12.3. The summed E-state index contributed by atoms with van der Waals surface area (Å²) in [7, 11) is 0. The lowest BCUT2D eigenvalue weighted by Crippen LogP contribution is -2.18. The molecule has 0 spiro atoms. The molecule has 0 aliphatic rings.